The summed E-state index contributed by atoms with van der Waals surface area (Å²) in [6.45, 7) is 3.77. The van der Waals surface area contributed by atoms with E-state index in [2.05, 4.69) is 5.32 Å². The topological polar surface area (TPSA) is 321 Å². The first-order valence-electron chi connectivity index (χ1n) is 23.5. The van der Waals surface area contributed by atoms with Gasteiger partial charge in [0.05, 0.1) is 86.0 Å². The Labute approximate surface area is 399 Å². The Hall–Kier alpha value is -3.48. The minimum atomic E-state index is -2.26. The summed E-state index contributed by atoms with van der Waals surface area (Å²) in [4.78, 5) is 26.2. The average molecular weight is 967 g/mol. The lowest BCUT2D eigenvalue weighted by Gasteiger charge is -2.45. The molecule has 3 heterocycles. The van der Waals surface area contributed by atoms with Gasteiger partial charge in [0, 0.05) is 58.3 Å². The molecular formula is C49H78N2O17. The van der Waals surface area contributed by atoms with E-state index in [1.807, 2.05) is 37.3 Å². The molecule has 19 heteroatoms. The van der Waals surface area contributed by atoms with Gasteiger partial charge in [-0.2, -0.15) is 0 Å². The van der Waals surface area contributed by atoms with Gasteiger partial charge < -0.3 is 85.8 Å². The highest BCUT2D eigenvalue weighted by Crippen LogP contribution is 2.38. The molecule has 2 fully saturated rings. The maximum atomic E-state index is 13.7. The van der Waals surface area contributed by atoms with Gasteiger partial charge in [-0.25, -0.2) is 0 Å². The van der Waals surface area contributed by atoms with Gasteiger partial charge in [-0.15, -0.1) is 0 Å². The van der Waals surface area contributed by atoms with Crippen molar-refractivity contribution >= 4 is 11.9 Å². The first-order chi connectivity index (χ1) is 32.3. The highest BCUT2D eigenvalue weighted by atomic mass is 16.7. The predicted molar refractivity (Wildman–Crippen MR) is 250 cm³/mol. The summed E-state index contributed by atoms with van der Waals surface area (Å²) in [6, 6.07) is -1.11. The second-order valence-electron chi connectivity index (χ2n) is 18.0. The fourth-order valence-corrected chi connectivity index (χ4v) is 8.06. The van der Waals surface area contributed by atoms with Crippen molar-refractivity contribution in [3.05, 3.63) is 85.1 Å². The smallest absolute Gasteiger partial charge is 0.308 e. The quantitative estimate of drug-likeness (QED) is 0.119. The number of carbonyl (C=O) groups is 2. The number of carbonyl (C=O) groups excluding carboxylic acids is 2. The molecule has 3 aliphatic heterocycles. The Balaban J connectivity index is 1.89. The summed E-state index contributed by atoms with van der Waals surface area (Å²) in [6.07, 6.45) is 6.37. The lowest BCUT2D eigenvalue weighted by molar-refractivity contribution is -0.304. The average Bonchev–Trinajstić information content (AvgIpc) is 3.26. The van der Waals surface area contributed by atoms with Gasteiger partial charge >= 0.3 is 5.97 Å². The number of nitrogens with one attached hydrogen (secondary N) is 1. The molecule has 0 aromatic rings. The molecule has 6 unspecified atom stereocenters. The molecule has 3 aliphatic rings. The number of methoxy groups -OCH3 is 1. The van der Waals surface area contributed by atoms with E-state index in [9.17, 15) is 60.7 Å². The monoisotopic (exact) mass is 967 g/mol. The zero-order valence-corrected chi connectivity index (χ0v) is 39.4. The number of esters is 1. The summed E-state index contributed by atoms with van der Waals surface area (Å²) >= 11 is 0. The molecule has 0 aliphatic carbocycles. The Bertz CT molecular complexity index is 1690. The highest BCUT2D eigenvalue weighted by molar-refractivity contribution is 5.80. The highest BCUT2D eigenvalue weighted by Gasteiger charge is 2.50. The van der Waals surface area contributed by atoms with Crippen molar-refractivity contribution < 1.29 is 84.3 Å². The first-order valence-corrected chi connectivity index (χ1v) is 23.5. The zero-order chi connectivity index (χ0) is 50.2. The van der Waals surface area contributed by atoms with Gasteiger partial charge in [0.15, 0.2) is 12.1 Å². The standard InChI is InChI=1S/C49H78N2O17/c1-31-17-14-12-10-8-6-4-5-7-9-11-13-15-18-36(67-48-46(61)45(50)41(59)30-65-48)27-42-44(47(62)51-21-16-22-64-3)40(58)29-49(63,68-42)28-35(54)25-39(57)37(55)20-19-33(52)24-34(53)26-43(60)66-32(2)23-38(31)56/h4-15,17-18,31-42,44-46,48,52-59,61,63H,16,19-30,50H2,1-3H3,(H,51,62)/b5-4+,8-6+,9-7+,12-10+,13-11+,17-14+,18-15+/t31-,32-,33+,34?,35?,36?,37?,38-,39?,40-,41+,42-,44+,45-,46-,48-,49?/m0/s1. The molecule has 0 spiro atoms. The SMILES string of the molecule is COCCCNC(=O)[C@H]1[C@@H]2CC(O[C@@H]3OC[C@@H](O)[C@H](N)[C@@H]3O)/C=C/C=C/C=C/C=C/C=C/C=C/C=C/[C@H](C)[C@@H](O)C[C@H](C)OC(=O)CC(O)C[C@H](O)CCC(O)C(O)CC(O)CC(O)(C[C@@H]1O)O2. The number of nitrogens with two attached hydrogens (primary N) is 1. The van der Waals surface area contributed by atoms with Crippen molar-refractivity contribution in [3.8, 4) is 0 Å². The van der Waals surface area contributed by atoms with Crippen molar-refractivity contribution in [1.82, 2.24) is 5.32 Å². The van der Waals surface area contributed by atoms with Crippen molar-refractivity contribution in [3.63, 3.8) is 0 Å². The number of fused-ring (bicyclic) bond motifs is 2. The minimum absolute atomic E-state index is 0.0909. The number of allylic oxidation sites excluding steroid dienone is 12. The van der Waals surface area contributed by atoms with Crippen LogP contribution in [0.3, 0.4) is 0 Å². The van der Waals surface area contributed by atoms with Crippen molar-refractivity contribution in [2.45, 2.75) is 169 Å². The van der Waals surface area contributed by atoms with Crippen LogP contribution in [0.1, 0.15) is 78.1 Å². The number of ether oxygens (including phenoxy) is 5. The van der Waals surface area contributed by atoms with E-state index in [4.69, 9.17) is 29.4 Å². The second-order valence-corrected chi connectivity index (χ2v) is 18.0. The lowest BCUT2D eigenvalue weighted by atomic mass is 9.82. The Morgan fingerprint density at radius 2 is 1.35 bits per heavy atom. The van der Waals surface area contributed by atoms with E-state index < -0.39 is 135 Å². The van der Waals surface area contributed by atoms with Gasteiger partial charge in [0.25, 0.3) is 0 Å². The van der Waals surface area contributed by atoms with E-state index in [1.54, 1.807) is 61.6 Å². The fraction of sp³-hybridized carbons (Fsp3) is 0.673. The Morgan fingerprint density at radius 3 is 1.99 bits per heavy atom. The number of rotatable bonds is 7. The van der Waals surface area contributed by atoms with Crippen LogP contribution >= 0.6 is 0 Å². The van der Waals surface area contributed by atoms with Crippen LogP contribution < -0.4 is 11.1 Å². The Kier molecular flexibility index (Phi) is 26.8. The van der Waals surface area contributed by atoms with Gasteiger partial charge in [-0.3, -0.25) is 9.59 Å². The molecule has 1 amide bonds. The third-order valence-corrected chi connectivity index (χ3v) is 11.9. The number of hydrogen-bond acceptors (Lipinski definition) is 18. The molecule has 386 valence electrons. The molecule has 19 nitrogen and oxygen atoms in total. The van der Waals surface area contributed by atoms with Crippen LogP contribution in [-0.2, 0) is 33.3 Å². The number of amides is 1. The van der Waals surface area contributed by atoms with Crippen LogP contribution in [0.15, 0.2) is 85.1 Å². The van der Waals surface area contributed by atoms with E-state index in [0.717, 1.165) is 0 Å². The van der Waals surface area contributed by atoms with Crippen molar-refractivity contribution in [2.75, 3.05) is 26.9 Å². The van der Waals surface area contributed by atoms with Crippen LogP contribution in [0, 0.1) is 11.8 Å². The summed E-state index contributed by atoms with van der Waals surface area (Å²) in [5.41, 5.74) is 6.01. The van der Waals surface area contributed by atoms with Crippen LogP contribution in [0.25, 0.3) is 0 Å². The summed E-state index contributed by atoms with van der Waals surface area (Å²) in [5, 5.41) is 111. The van der Waals surface area contributed by atoms with E-state index >= 15 is 0 Å². The minimum Gasteiger partial charge on any atom is -0.462 e. The van der Waals surface area contributed by atoms with Gasteiger partial charge in [-0.05, 0) is 32.6 Å². The third-order valence-electron chi connectivity index (χ3n) is 11.9. The number of aliphatic hydroxyl groups is 10. The van der Waals surface area contributed by atoms with Crippen molar-refractivity contribution in [1.29, 1.82) is 0 Å². The van der Waals surface area contributed by atoms with Gasteiger partial charge in [0.1, 0.15) is 12.2 Å². The maximum Gasteiger partial charge on any atom is 0.308 e. The van der Waals surface area contributed by atoms with Crippen LogP contribution in [0.5, 0.6) is 0 Å². The molecule has 17 atom stereocenters. The number of hydrogen-bond donors (Lipinski definition) is 12. The van der Waals surface area contributed by atoms with Crippen LogP contribution in [0.2, 0.25) is 0 Å². The van der Waals surface area contributed by atoms with Gasteiger partial charge in [0.2, 0.25) is 5.91 Å². The fourth-order valence-electron chi connectivity index (χ4n) is 8.06. The van der Waals surface area contributed by atoms with E-state index in [0.29, 0.717) is 13.0 Å². The molecule has 2 bridgehead atoms. The molecule has 2 saturated heterocycles. The zero-order valence-electron chi connectivity index (χ0n) is 39.4. The summed E-state index contributed by atoms with van der Waals surface area (Å²) in [5.74, 6) is -5.10. The predicted octanol–water partition coefficient (Wildman–Crippen LogP) is 0.145. The summed E-state index contributed by atoms with van der Waals surface area (Å²) < 4.78 is 28.4. The largest absolute Gasteiger partial charge is 0.462 e. The third kappa shape index (κ3) is 21.7. The molecule has 0 saturated carbocycles. The van der Waals surface area contributed by atoms with Crippen LogP contribution in [-0.4, -0.2) is 181 Å². The maximum absolute atomic E-state index is 13.7. The molecule has 0 aromatic carbocycles. The summed E-state index contributed by atoms with van der Waals surface area (Å²) in [7, 11) is 1.51. The number of aliphatic hydroxyl groups excluding tert-OH is 9. The molecule has 13 N–H and O–H groups in total. The molecule has 0 aromatic heterocycles. The molecule has 3 rings (SSSR count). The lowest BCUT2D eigenvalue weighted by Crippen LogP contribution is -2.59. The molecule has 68 heavy (non-hydrogen) atoms. The van der Waals surface area contributed by atoms with E-state index in [-0.39, 0.29) is 51.2 Å². The van der Waals surface area contributed by atoms with Crippen molar-refractivity contribution in [2.24, 2.45) is 17.6 Å². The number of cyclic esters (lactones) is 1. The van der Waals surface area contributed by atoms with E-state index in [1.165, 1.54) is 7.11 Å². The first kappa shape index (κ1) is 58.8. The van der Waals surface area contributed by atoms with Crippen LogP contribution in [0.4, 0.5) is 0 Å². The normalized spacial score (nSPS) is 41.8. The molecular weight excluding hydrogens is 889 g/mol. The van der Waals surface area contributed by atoms with Gasteiger partial charge in [-0.1, -0.05) is 92.0 Å². The molecule has 0 radical (unpaired) electrons. The second kappa shape index (κ2) is 31.0. The Morgan fingerprint density at radius 1 is 0.735 bits per heavy atom.